The maximum absolute atomic E-state index is 12.6. The van der Waals surface area contributed by atoms with Crippen molar-refractivity contribution in [2.45, 2.75) is 13.3 Å². The van der Waals surface area contributed by atoms with Gasteiger partial charge in [-0.25, -0.2) is 9.18 Å². The number of rotatable bonds is 2. The van der Waals surface area contributed by atoms with Gasteiger partial charge in [0.15, 0.2) is 0 Å². The van der Waals surface area contributed by atoms with Crippen LogP contribution in [0.5, 0.6) is 0 Å². The molecule has 72 valence electrons. The van der Waals surface area contributed by atoms with Gasteiger partial charge in [-0.15, -0.1) is 12.4 Å². The number of aryl methyl sites for hydroxylation is 1. The lowest BCUT2D eigenvalue weighted by Gasteiger charge is -2.01. The Hall–Kier alpha value is -1.09. The Morgan fingerprint density at radius 1 is 1.54 bits per heavy atom. The number of carbonyl (C=O) groups is 1. The summed E-state index contributed by atoms with van der Waals surface area (Å²) >= 11 is 0. The fourth-order valence-corrected chi connectivity index (χ4v) is 1.06. The van der Waals surface area contributed by atoms with Gasteiger partial charge >= 0.3 is 5.97 Å². The van der Waals surface area contributed by atoms with Crippen LogP contribution in [0.1, 0.15) is 22.8 Å². The van der Waals surface area contributed by atoms with Gasteiger partial charge in [0.2, 0.25) is 0 Å². The Kier molecular flexibility index (Phi) is 4.42. The van der Waals surface area contributed by atoms with E-state index in [2.05, 4.69) is 0 Å². The van der Waals surface area contributed by atoms with Crippen LogP contribution < -0.4 is 0 Å². The number of hydrogen-bond donors (Lipinski definition) is 1. The van der Waals surface area contributed by atoms with E-state index in [0.717, 1.165) is 6.07 Å². The van der Waals surface area contributed by atoms with Crippen molar-refractivity contribution in [2.24, 2.45) is 0 Å². The molecule has 0 unspecified atom stereocenters. The summed E-state index contributed by atoms with van der Waals surface area (Å²) in [5.74, 6) is -1.40. The number of halogens is 2. The Balaban J connectivity index is 0.00000144. The van der Waals surface area contributed by atoms with Crippen LogP contribution in [0.4, 0.5) is 4.39 Å². The zero-order valence-corrected chi connectivity index (χ0v) is 7.90. The fraction of sp³-hybridized carbons (Fsp3) is 0.222. The molecule has 0 atom stereocenters. The summed E-state index contributed by atoms with van der Waals surface area (Å²) in [5.41, 5.74) is 0.710. The van der Waals surface area contributed by atoms with Crippen molar-refractivity contribution in [1.82, 2.24) is 0 Å². The van der Waals surface area contributed by atoms with Gasteiger partial charge in [0.1, 0.15) is 5.82 Å². The minimum absolute atomic E-state index is 0. The third-order valence-electron chi connectivity index (χ3n) is 1.68. The number of benzene rings is 1. The molecule has 0 saturated carbocycles. The summed E-state index contributed by atoms with van der Waals surface area (Å²) < 4.78 is 12.6. The highest BCUT2D eigenvalue weighted by Gasteiger charge is 2.08. The Morgan fingerprint density at radius 2 is 2.15 bits per heavy atom. The van der Waals surface area contributed by atoms with Crippen molar-refractivity contribution in [2.75, 3.05) is 0 Å². The van der Waals surface area contributed by atoms with Crippen LogP contribution in [0.2, 0.25) is 0 Å². The largest absolute Gasteiger partial charge is 0.478 e. The third kappa shape index (κ3) is 2.70. The van der Waals surface area contributed by atoms with Gasteiger partial charge in [0, 0.05) is 0 Å². The van der Waals surface area contributed by atoms with Gasteiger partial charge in [-0.05, 0) is 30.2 Å². The Morgan fingerprint density at radius 3 is 2.62 bits per heavy atom. The lowest BCUT2D eigenvalue weighted by Crippen LogP contribution is -2.01. The number of aromatic carboxylic acids is 1. The summed E-state index contributed by atoms with van der Waals surface area (Å²) in [6, 6.07) is 3.70. The van der Waals surface area contributed by atoms with Crippen molar-refractivity contribution in [3.8, 4) is 0 Å². The molecular formula is C9H10ClFO2. The Bertz CT molecular complexity index is 312. The van der Waals surface area contributed by atoms with E-state index in [0.29, 0.717) is 12.0 Å². The zero-order chi connectivity index (χ0) is 9.14. The van der Waals surface area contributed by atoms with E-state index in [1.165, 1.54) is 12.1 Å². The van der Waals surface area contributed by atoms with Crippen LogP contribution in [0.15, 0.2) is 18.2 Å². The second kappa shape index (κ2) is 4.82. The van der Waals surface area contributed by atoms with Crippen molar-refractivity contribution in [3.63, 3.8) is 0 Å². The molecule has 4 heteroatoms. The maximum Gasteiger partial charge on any atom is 0.335 e. The van der Waals surface area contributed by atoms with E-state index in [1.807, 2.05) is 0 Å². The van der Waals surface area contributed by atoms with Crippen LogP contribution in [-0.4, -0.2) is 11.1 Å². The van der Waals surface area contributed by atoms with Crippen molar-refractivity contribution in [1.29, 1.82) is 0 Å². The average Bonchev–Trinajstić information content (AvgIpc) is 2.03. The first-order chi connectivity index (χ1) is 5.65. The summed E-state index contributed by atoms with van der Waals surface area (Å²) in [7, 11) is 0. The molecule has 13 heavy (non-hydrogen) atoms. The monoisotopic (exact) mass is 204 g/mol. The van der Waals surface area contributed by atoms with Gasteiger partial charge in [-0.1, -0.05) is 6.92 Å². The fourth-order valence-electron chi connectivity index (χ4n) is 1.06. The smallest absolute Gasteiger partial charge is 0.335 e. The number of carboxylic acids is 1. The SMILES string of the molecule is CCc1cc(F)ccc1C(=O)O.Cl. The van der Waals surface area contributed by atoms with Gasteiger partial charge in [-0.3, -0.25) is 0 Å². The molecule has 0 aliphatic rings. The molecule has 0 aromatic heterocycles. The first kappa shape index (κ1) is 11.9. The van der Waals surface area contributed by atoms with Crippen LogP contribution >= 0.6 is 12.4 Å². The molecule has 1 rings (SSSR count). The molecule has 1 aromatic rings. The highest BCUT2D eigenvalue weighted by molar-refractivity contribution is 5.89. The summed E-state index contributed by atoms with van der Waals surface area (Å²) in [5, 5.41) is 8.67. The standard InChI is InChI=1S/C9H9FO2.ClH/c1-2-6-5-7(10)3-4-8(6)9(11)12;/h3-5H,2H2,1H3,(H,11,12);1H. The maximum atomic E-state index is 12.6. The summed E-state index contributed by atoms with van der Waals surface area (Å²) in [6.45, 7) is 1.79. The summed E-state index contributed by atoms with van der Waals surface area (Å²) in [6.07, 6.45) is 0.527. The minimum Gasteiger partial charge on any atom is -0.478 e. The second-order valence-corrected chi connectivity index (χ2v) is 2.46. The normalized spacial score (nSPS) is 9.08. The highest BCUT2D eigenvalue weighted by atomic mass is 35.5. The number of carboxylic acid groups (broad SMARTS) is 1. The highest BCUT2D eigenvalue weighted by Crippen LogP contribution is 2.11. The first-order valence-corrected chi connectivity index (χ1v) is 3.67. The Labute approximate surface area is 81.8 Å². The molecule has 1 N–H and O–H groups in total. The predicted molar refractivity (Wildman–Crippen MR) is 50.0 cm³/mol. The van der Waals surface area contributed by atoms with Crippen LogP contribution in [-0.2, 0) is 6.42 Å². The molecule has 2 nitrogen and oxygen atoms in total. The van der Waals surface area contributed by atoms with E-state index in [-0.39, 0.29) is 18.0 Å². The summed E-state index contributed by atoms with van der Waals surface area (Å²) in [4.78, 5) is 10.6. The third-order valence-corrected chi connectivity index (χ3v) is 1.68. The molecule has 0 spiro atoms. The second-order valence-electron chi connectivity index (χ2n) is 2.46. The van der Waals surface area contributed by atoms with Crippen molar-refractivity contribution in [3.05, 3.63) is 35.1 Å². The van der Waals surface area contributed by atoms with Crippen molar-refractivity contribution < 1.29 is 14.3 Å². The van der Waals surface area contributed by atoms with Gasteiger partial charge in [0.25, 0.3) is 0 Å². The molecule has 0 bridgehead atoms. The van der Waals surface area contributed by atoms with E-state index < -0.39 is 11.8 Å². The van der Waals surface area contributed by atoms with E-state index in [1.54, 1.807) is 6.92 Å². The molecule has 0 amide bonds. The first-order valence-electron chi connectivity index (χ1n) is 3.67. The minimum atomic E-state index is -1.01. The molecule has 0 fully saturated rings. The molecule has 0 saturated heterocycles. The molecule has 1 aromatic carbocycles. The quantitative estimate of drug-likeness (QED) is 0.804. The number of hydrogen-bond acceptors (Lipinski definition) is 1. The van der Waals surface area contributed by atoms with E-state index in [4.69, 9.17) is 5.11 Å². The average molecular weight is 205 g/mol. The van der Waals surface area contributed by atoms with Crippen LogP contribution in [0.3, 0.4) is 0 Å². The predicted octanol–water partition coefficient (Wildman–Crippen LogP) is 2.51. The zero-order valence-electron chi connectivity index (χ0n) is 7.08. The van der Waals surface area contributed by atoms with Crippen LogP contribution in [0, 0.1) is 5.82 Å². The van der Waals surface area contributed by atoms with Crippen LogP contribution in [0.25, 0.3) is 0 Å². The molecule has 0 radical (unpaired) electrons. The van der Waals surface area contributed by atoms with Gasteiger partial charge < -0.3 is 5.11 Å². The molecule has 0 aliphatic carbocycles. The van der Waals surface area contributed by atoms with Gasteiger partial charge in [-0.2, -0.15) is 0 Å². The molecule has 0 aliphatic heterocycles. The topological polar surface area (TPSA) is 37.3 Å². The molecule has 0 heterocycles. The van der Waals surface area contributed by atoms with E-state index >= 15 is 0 Å². The molecular weight excluding hydrogens is 195 g/mol. The van der Waals surface area contributed by atoms with Crippen molar-refractivity contribution >= 4 is 18.4 Å². The van der Waals surface area contributed by atoms with Gasteiger partial charge in [0.05, 0.1) is 5.56 Å². The van der Waals surface area contributed by atoms with E-state index in [9.17, 15) is 9.18 Å². The lowest BCUT2D eigenvalue weighted by molar-refractivity contribution is 0.0695. The lowest BCUT2D eigenvalue weighted by atomic mass is 10.1.